The quantitative estimate of drug-likeness (QED) is 0.714. The number of rotatable bonds is 3. The van der Waals surface area contributed by atoms with Crippen LogP contribution in [0, 0.1) is 0 Å². The normalized spacial score (nSPS) is 10.2. The molecule has 0 saturated heterocycles. The Hall–Kier alpha value is -1.90. The second-order valence-corrected chi connectivity index (χ2v) is 2.34. The van der Waals surface area contributed by atoms with Gasteiger partial charge in [-0.1, -0.05) is 18.7 Å². The summed E-state index contributed by atoms with van der Waals surface area (Å²) in [5, 5.41) is 8.77. The minimum atomic E-state index is -0.975. The van der Waals surface area contributed by atoms with E-state index in [0.29, 0.717) is 5.69 Å². The molecule has 1 aromatic heterocycles. The molecule has 0 bridgehead atoms. The monoisotopic (exact) mass is 175 g/mol. The number of aromatic carboxylic acids is 1. The first-order chi connectivity index (χ1) is 6.25. The summed E-state index contributed by atoms with van der Waals surface area (Å²) in [6, 6.07) is 3.10. The predicted molar refractivity (Wildman–Crippen MR) is 50.4 cm³/mol. The molecule has 3 heteroatoms. The highest BCUT2D eigenvalue weighted by atomic mass is 16.4. The summed E-state index contributed by atoms with van der Waals surface area (Å²) in [7, 11) is 0. The zero-order valence-corrected chi connectivity index (χ0v) is 6.97. The van der Waals surface area contributed by atoms with Crippen molar-refractivity contribution in [2.75, 3.05) is 0 Å². The molecule has 1 aromatic rings. The van der Waals surface area contributed by atoms with Crippen LogP contribution < -0.4 is 0 Å². The lowest BCUT2D eigenvalue weighted by atomic mass is 10.2. The second-order valence-electron chi connectivity index (χ2n) is 2.34. The highest BCUT2D eigenvalue weighted by molar-refractivity contribution is 5.91. The van der Waals surface area contributed by atoms with Crippen molar-refractivity contribution in [3.63, 3.8) is 0 Å². The summed E-state index contributed by atoms with van der Waals surface area (Å²) >= 11 is 0. The van der Waals surface area contributed by atoms with Crippen molar-refractivity contribution in [3.05, 3.63) is 48.3 Å². The zero-order chi connectivity index (χ0) is 9.68. The van der Waals surface area contributed by atoms with Crippen LogP contribution in [0.4, 0.5) is 0 Å². The number of nitrogens with zero attached hydrogens (tertiary/aromatic N) is 1. The van der Waals surface area contributed by atoms with E-state index in [1.165, 1.54) is 6.07 Å². The number of pyridine rings is 1. The van der Waals surface area contributed by atoms with E-state index < -0.39 is 5.97 Å². The van der Waals surface area contributed by atoms with Crippen molar-refractivity contribution < 1.29 is 9.90 Å². The number of allylic oxidation sites excluding steroid dienone is 2. The van der Waals surface area contributed by atoms with Gasteiger partial charge in [0.1, 0.15) is 0 Å². The van der Waals surface area contributed by atoms with Crippen molar-refractivity contribution in [2.24, 2.45) is 0 Å². The fourth-order valence-corrected chi connectivity index (χ4v) is 0.890. The number of carboxylic acids is 1. The second kappa shape index (κ2) is 4.21. The highest BCUT2D eigenvalue weighted by Gasteiger charge is 2.06. The van der Waals surface area contributed by atoms with Gasteiger partial charge >= 0.3 is 5.97 Å². The first kappa shape index (κ1) is 9.19. The Morgan fingerprint density at radius 2 is 2.38 bits per heavy atom. The average Bonchev–Trinajstić information content (AvgIpc) is 2.15. The summed E-state index contributed by atoms with van der Waals surface area (Å²) in [5.41, 5.74) is 0.635. The molecule has 3 nitrogen and oxygen atoms in total. The Morgan fingerprint density at radius 3 is 3.00 bits per heavy atom. The van der Waals surface area contributed by atoms with Crippen LogP contribution in [0.2, 0.25) is 0 Å². The van der Waals surface area contributed by atoms with Crippen LogP contribution in [-0.2, 0) is 0 Å². The lowest BCUT2D eigenvalue weighted by Crippen LogP contribution is -2.00. The Kier molecular flexibility index (Phi) is 2.97. The summed E-state index contributed by atoms with van der Waals surface area (Å²) in [6.07, 6.45) is 6.38. The molecule has 0 aliphatic heterocycles. The third-order valence-corrected chi connectivity index (χ3v) is 1.46. The Bertz CT molecular complexity index is 356. The summed E-state index contributed by atoms with van der Waals surface area (Å²) in [5.74, 6) is -0.975. The van der Waals surface area contributed by atoms with Gasteiger partial charge in [0.25, 0.3) is 0 Å². The van der Waals surface area contributed by atoms with E-state index in [9.17, 15) is 4.79 Å². The Balaban J connectivity index is 3.11. The smallest absolute Gasteiger partial charge is 0.337 e. The molecule has 0 fully saturated rings. The van der Waals surface area contributed by atoms with Crippen molar-refractivity contribution in [1.29, 1.82) is 0 Å². The molecule has 0 aliphatic carbocycles. The molecule has 1 heterocycles. The van der Waals surface area contributed by atoms with Gasteiger partial charge in [-0.25, -0.2) is 4.79 Å². The van der Waals surface area contributed by atoms with Gasteiger partial charge in [0.05, 0.1) is 11.3 Å². The zero-order valence-electron chi connectivity index (χ0n) is 6.97. The highest BCUT2D eigenvalue weighted by Crippen LogP contribution is 2.06. The molecule has 0 unspecified atom stereocenters. The van der Waals surface area contributed by atoms with Crippen LogP contribution in [0.1, 0.15) is 16.1 Å². The third kappa shape index (κ3) is 2.27. The van der Waals surface area contributed by atoms with E-state index in [0.717, 1.165) is 0 Å². The fraction of sp³-hybridized carbons (Fsp3) is 0. The van der Waals surface area contributed by atoms with Crippen molar-refractivity contribution in [2.45, 2.75) is 0 Å². The molecule has 0 spiro atoms. The van der Waals surface area contributed by atoms with Gasteiger partial charge in [-0.2, -0.15) is 0 Å². The van der Waals surface area contributed by atoms with Gasteiger partial charge in [0, 0.05) is 6.20 Å². The van der Waals surface area contributed by atoms with Crippen LogP contribution in [-0.4, -0.2) is 16.1 Å². The third-order valence-electron chi connectivity index (χ3n) is 1.46. The van der Waals surface area contributed by atoms with Gasteiger partial charge in [-0.3, -0.25) is 4.98 Å². The average molecular weight is 175 g/mol. The van der Waals surface area contributed by atoms with E-state index in [-0.39, 0.29) is 5.56 Å². The summed E-state index contributed by atoms with van der Waals surface area (Å²) in [4.78, 5) is 14.6. The van der Waals surface area contributed by atoms with E-state index in [1.54, 1.807) is 30.5 Å². The van der Waals surface area contributed by atoms with E-state index >= 15 is 0 Å². The van der Waals surface area contributed by atoms with Gasteiger partial charge in [0.2, 0.25) is 0 Å². The van der Waals surface area contributed by atoms with Crippen molar-refractivity contribution in [3.8, 4) is 0 Å². The van der Waals surface area contributed by atoms with Crippen molar-refractivity contribution in [1.82, 2.24) is 4.98 Å². The predicted octanol–water partition coefficient (Wildman–Crippen LogP) is 1.98. The molecule has 1 N–H and O–H groups in total. The van der Waals surface area contributed by atoms with E-state index in [1.807, 2.05) is 0 Å². The summed E-state index contributed by atoms with van der Waals surface area (Å²) in [6.45, 7) is 3.49. The molecule has 13 heavy (non-hydrogen) atoms. The molecule has 0 saturated carbocycles. The largest absolute Gasteiger partial charge is 0.478 e. The van der Waals surface area contributed by atoms with E-state index in [4.69, 9.17) is 5.11 Å². The van der Waals surface area contributed by atoms with Crippen LogP contribution in [0.3, 0.4) is 0 Å². The van der Waals surface area contributed by atoms with Crippen LogP contribution in [0.25, 0.3) is 6.08 Å². The van der Waals surface area contributed by atoms with Crippen LogP contribution in [0.15, 0.2) is 37.1 Å². The SMILES string of the molecule is C=C/C=C/c1ncccc1C(=O)O. The minimum Gasteiger partial charge on any atom is -0.478 e. The fourth-order valence-electron chi connectivity index (χ4n) is 0.890. The molecule has 66 valence electrons. The van der Waals surface area contributed by atoms with Crippen LogP contribution in [0.5, 0.6) is 0 Å². The van der Waals surface area contributed by atoms with Crippen LogP contribution >= 0.6 is 0 Å². The topological polar surface area (TPSA) is 50.2 Å². The number of carbonyl (C=O) groups is 1. The maximum atomic E-state index is 10.7. The number of hydrogen-bond acceptors (Lipinski definition) is 2. The number of hydrogen-bond donors (Lipinski definition) is 1. The molecule has 0 aromatic carbocycles. The van der Waals surface area contributed by atoms with E-state index in [2.05, 4.69) is 11.6 Å². The maximum Gasteiger partial charge on any atom is 0.337 e. The Morgan fingerprint density at radius 1 is 1.62 bits per heavy atom. The lowest BCUT2D eigenvalue weighted by molar-refractivity contribution is 0.0696. The van der Waals surface area contributed by atoms with Gasteiger partial charge in [-0.05, 0) is 18.2 Å². The number of aromatic nitrogens is 1. The molecule has 1 rings (SSSR count). The lowest BCUT2D eigenvalue weighted by Gasteiger charge is -1.97. The molecule has 0 radical (unpaired) electrons. The molecular formula is C10H9NO2. The van der Waals surface area contributed by atoms with Gasteiger partial charge in [-0.15, -0.1) is 0 Å². The summed E-state index contributed by atoms with van der Waals surface area (Å²) < 4.78 is 0. The van der Waals surface area contributed by atoms with Gasteiger partial charge in [0.15, 0.2) is 0 Å². The molecular weight excluding hydrogens is 166 g/mol. The molecule has 0 amide bonds. The Labute approximate surface area is 76.1 Å². The first-order valence-corrected chi connectivity index (χ1v) is 3.73. The maximum absolute atomic E-state index is 10.7. The first-order valence-electron chi connectivity index (χ1n) is 3.73. The number of carboxylic acid groups (broad SMARTS) is 1. The minimum absolute atomic E-state index is 0.195. The standard InChI is InChI=1S/C10H9NO2/c1-2-3-6-9-8(10(12)13)5-4-7-11-9/h2-7H,1H2,(H,12,13)/b6-3+. The molecule has 0 aliphatic rings. The van der Waals surface area contributed by atoms with Gasteiger partial charge < -0.3 is 5.11 Å². The van der Waals surface area contributed by atoms with Crippen molar-refractivity contribution >= 4 is 12.0 Å². The molecule has 0 atom stereocenters.